The third-order valence-corrected chi connectivity index (χ3v) is 4.36. The van der Waals surface area contributed by atoms with E-state index in [2.05, 4.69) is 33.1 Å². The number of hydrogen-bond acceptors (Lipinski definition) is 4. The smallest absolute Gasteiger partial charge is 0.296 e. The Kier molecular flexibility index (Phi) is 3.52. The predicted molar refractivity (Wildman–Crippen MR) is 79.3 cm³/mol. The van der Waals surface area contributed by atoms with E-state index in [9.17, 15) is 9.59 Å². The van der Waals surface area contributed by atoms with Crippen molar-refractivity contribution in [1.29, 1.82) is 0 Å². The molecule has 5 nitrogen and oxygen atoms in total. The number of halogens is 1. The zero-order valence-corrected chi connectivity index (χ0v) is 12.7. The van der Waals surface area contributed by atoms with E-state index < -0.39 is 11.7 Å². The Balaban J connectivity index is 1.93. The Labute approximate surface area is 125 Å². The van der Waals surface area contributed by atoms with Crippen LogP contribution < -0.4 is 10.2 Å². The molecule has 1 saturated heterocycles. The Bertz CT molecular complexity index is 588. The molecule has 0 aliphatic carbocycles. The van der Waals surface area contributed by atoms with Crippen molar-refractivity contribution in [3.8, 4) is 0 Å². The molecule has 3 rings (SSSR count). The van der Waals surface area contributed by atoms with E-state index in [1.54, 1.807) is 6.07 Å². The first-order chi connectivity index (χ1) is 9.60. The lowest BCUT2D eigenvalue weighted by Gasteiger charge is -2.35. The largest absolute Gasteiger partial charge is 0.375 e. The number of rotatable bonds is 2. The first-order valence-electron chi connectivity index (χ1n) is 6.66. The van der Waals surface area contributed by atoms with Crippen LogP contribution in [-0.4, -0.2) is 37.5 Å². The van der Waals surface area contributed by atoms with Crippen molar-refractivity contribution in [2.45, 2.75) is 19.4 Å². The minimum atomic E-state index is -0.558. The van der Waals surface area contributed by atoms with Gasteiger partial charge >= 0.3 is 0 Å². The maximum absolute atomic E-state index is 11.7. The van der Waals surface area contributed by atoms with Crippen molar-refractivity contribution < 1.29 is 14.3 Å². The number of nitrogens with zero attached hydrogens (tertiary/aromatic N) is 1. The molecule has 1 atom stereocenters. The quantitative estimate of drug-likeness (QED) is 0.840. The molecular formula is C14H15BrN2O3. The van der Waals surface area contributed by atoms with Crippen LogP contribution in [0, 0.1) is 0 Å². The van der Waals surface area contributed by atoms with Crippen LogP contribution in [0.4, 0.5) is 11.4 Å². The first kappa shape index (κ1) is 13.6. The number of ketones is 1. The molecule has 2 aliphatic rings. The number of benzene rings is 1. The molecular weight excluding hydrogens is 324 g/mol. The molecule has 0 radical (unpaired) electrons. The van der Waals surface area contributed by atoms with E-state index in [1.165, 1.54) is 0 Å². The molecule has 6 heteroatoms. The van der Waals surface area contributed by atoms with Gasteiger partial charge in [-0.3, -0.25) is 9.59 Å². The van der Waals surface area contributed by atoms with Gasteiger partial charge in [0.25, 0.3) is 11.7 Å². The minimum absolute atomic E-state index is 0.222. The van der Waals surface area contributed by atoms with Crippen LogP contribution in [0.2, 0.25) is 0 Å². The summed E-state index contributed by atoms with van der Waals surface area (Å²) in [6.07, 6.45) is 1.19. The summed E-state index contributed by atoms with van der Waals surface area (Å²) in [6.45, 7) is 4.41. The number of hydrogen-bond donors (Lipinski definition) is 1. The van der Waals surface area contributed by atoms with Crippen LogP contribution in [0.1, 0.15) is 23.7 Å². The normalized spacial score (nSPS) is 21.9. The molecule has 20 heavy (non-hydrogen) atoms. The fourth-order valence-electron chi connectivity index (χ4n) is 2.58. The van der Waals surface area contributed by atoms with Gasteiger partial charge in [-0.25, -0.2) is 0 Å². The number of carbonyl (C=O) groups is 2. The van der Waals surface area contributed by atoms with Crippen LogP contribution >= 0.6 is 15.9 Å². The third-order valence-electron chi connectivity index (χ3n) is 3.72. The number of Topliss-reactive ketones (excluding diaryl/α,β-unsaturated/α-hetero) is 1. The lowest BCUT2D eigenvalue weighted by molar-refractivity contribution is -0.112. The average Bonchev–Trinajstić information content (AvgIpc) is 2.73. The van der Waals surface area contributed by atoms with Crippen LogP contribution in [0.3, 0.4) is 0 Å². The molecule has 1 amide bonds. The van der Waals surface area contributed by atoms with Gasteiger partial charge in [-0.2, -0.15) is 0 Å². The SMILES string of the molecule is CCC1CN(c2cc3c(cc2Br)C(=O)C(=O)N3)CCO1. The van der Waals surface area contributed by atoms with Crippen molar-refractivity contribution >= 4 is 39.0 Å². The van der Waals surface area contributed by atoms with Gasteiger partial charge < -0.3 is 15.0 Å². The summed E-state index contributed by atoms with van der Waals surface area (Å²) in [6, 6.07) is 3.58. The van der Waals surface area contributed by atoms with E-state index in [4.69, 9.17) is 4.74 Å². The second-order valence-electron chi connectivity index (χ2n) is 4.98. The summed E-state index contributed by atoms with van der Waals surface area (Å²) in [7, 11) is 0. The second kappa shape index (κ2) is 5.18. The molecule has 106 valence electrons. The highest BCUT2D eigenvalue weighted by atomic mass is 79.9. The number of morpholine rings is 1. The molecule has 1 fully saturated rings. The Morgan fingerprint density at radius 1 is 1.45 bits per heavy atom. The molecule has 2 aliphatic heterocycles. The highest BCUT2D eigenvalue weighted by Crippen LogP contribution is 2.36. The fraction of sp³-hybridized carbons (Fsp3) is 0.429. The summed E-state index contributed by atoms with van der Waals surface area (Å²) in [5.74, 6) is -1.03. The molecule has 0 saturated carbocycles. The van der Waals surface area contributed by atoms with Gasteiger partial charge in [-0.1, -0.05) is 6.92 Å². The topological polar surface area (TPSA) is 58.6 Å². The summed E-state index contributed by atoms with van der Waals surface area (Å²) < 4.78 is 6.50. The maximum atomic E-state index is 11.7. The summed E-state index contributed by atoms with van der Waals surface area (Å²) in [5, 5.41) is 2.61. The van der Waals surface area contributed by atoms with E-state index in [0.717, 1.165) is 29.7 Å². The van der Waals surface area contributed by atoms with Crippen molar-refractivity contribution in [2.24, 2.45) is 0 Å². The molecule has 1 unspecified atom stereocenters. The predicted octanol–water partition coefficient (Wildman–Crippen LogP) is 2.20. The van der Waals surface area contributed by atoms with Crippen LogP contribution in [-0.2, 0) is 9.53 Å². The Morgan fingerprint density at radius 2 is 2.25 bits per heavy atom. The minimum Gasteiger partial charge on any atom is -0.375 e. The average molecular weight is 339 g/mol. The lowest BCUT2D eigenvalue weighted by Crippen LogP contribution is -2.42. The third kappa shape index (κ3) is 2.23. The van der Waals surface area contributed by atoms with Gasteiger partial charge in [-0.05, 0) is 34.5 Å². The van der Waals surface area contributed by atoms with E-state index in [-0.39, 0.29) is 6.10 Å². The van der Waals surface area contributed by atoms with Crippen LogP contribution in [0.5, 0.6) is 0 Å². The first-order valence-corrected chi connectivity index (χ1v) is 7.45. The number of nitrogens with one attached hydrogen (secondary N) is 1. The molecule has 0 bridgehead atoms. The van der Waals surface area contributed by atoms with E-state index >= 15 is 0 Å². The van der Waals surface area contributed by atoms with Gasteiger partial charge in [0.2, 0.25) is 0 Å². The Morgan fingerprint density at radius 3 is 3.00 bits per heavy atom. The number of carbonyl (C=O) groups excluding carboxylic acids is 2. The molecule has 1 aromatic carbocycles. The number of fused-ring (bicyclic) bond motifs is 1. The summed E-state index contributed by atoms with van der Waals surface area (Å²) in [4.78, 5) is 25.3. The highest BCUT2D eigenvalue weighted by molar-refractivity contribution is 9.10. The van der Waals surface area contributed by atoms with Crippen molar-refractivity contribution in [1.82, 2.24) is 0 Å². The number of amides is 1. The lowest BCUT2D eigenvalue weighted by atomic mass is 10.1. The monoisotopic (exact) mass is 338 g/mol. The number of anilines is 2. The Hall–Kier alpha value is -1.40. The van der Waals surface area contributed by atoms with Gasteiger partial charge in [0.15, 0.2) is 0 Å². The summed E-state index contributed by atoms with van der Waals surface area (Å²) >= 11 is 3.50. The molecule has 2 heterocycles. The van der Waals surface area contributed by atoms with Gasteiger partial charge in [0.05, 0.1) is 29.6 Å². The van der Waals surface area contributed by atoms with Gasteiger partial charge in [0, 0.05) is 17.6 Å². The molecule has 1 N–H and O–H groups in total. The maximum Gasteiger partial charge on any atom is 0.296 e. The molecule has 0 spiro atoms. The van der Waals surface area contributed by atoms with E-state index in [0.29, 0.717) is 17.9 Å². The molecule has 1 aromatic rings. The van der Waals surface area contributed by atoms with E-state index in [1.807, 2.05) is 6.07 Å². The summed E-state index contributed by atoms with van der Waals surface area (Å²) in [5.41, 5.74) is 2.02. The van der Waals surface area contributed by atoms with Crippen LogP contribution in [0.25, 0.3) is 0 Å². The highest BCUT2D eigenvalue weighted by Gasteiger charge is 2.30. The van der Waals surface area contributed by atoms with Gasteiger partial charge in [-0.15, -0.1) is 0 Å². The molecule has 0 aromatic heterocycles. The zero-order chi connectivity index (χ0) is 14.3. The van der Waals surface area contributed by atoms with Crippen LogP contribution in [0.15, 0.2) is 16.6 Å². The van der Waals surface area contributed by atoms with Gasteiger partial charge in [0.1, 0.15) is 0 Å². The number of ether oxygens (including phenoxy) is 1. The van der Waals surface area contributed by atoms with Crippen molar-refractivity contribution in [3.05, 3.63) is 22.2 Å². The standard InChI is InChI=1S/C14H15BrN2O3/c1-2-8-7-17(3-4-20-8)12-6-11-9(5-10(12)15)13(18)14(19)16-11/h5-6,8H,2-4,7H2,1H3,(H,16,18,19). The second-order valence-corrected chi connectivity index (χ2v) is 5.83. The fourth-order valence-corrected chi connectivity index (χ4v) is 3.18. The van der Waals surface area contributed by atoms with Crippen molar-refractivity contribution in [3.63, 3.8) is 0 Å². The van der Waals surface area contributed by atoms with Crippen molar-refractivity contribution in [2.75, 3.05) is 29.9 Å². The zero-order valence-electron chi connectivity index (χ0n) is 11.1.